The fourth-order valence-electron chi connectivity index (χ4n) is 3.50. The average Bonchev–Trinajstić information content (AvgIpc) is 2.54. The molecule has 0 N–H and O–H groups in total. The van der Waals surface area contributed by atoms with Crippen LogP contribution >= 0.6 is 7.92 Å². The van der Waals surface area contributed by atoms with E-state index >= 15 is 0 Å². The Morgan fingerprint density at radius 1 is 1.00 bits per heavy atom. The van der Waals surface area contributed by atoms with Crippen molar-refractivity contribution < 1.29 is 9.59 Å². The van der Waals surface area contributed by atoms with Crippen LogP contribution in [0.1, 0.15) is 53.4 Å². The molecule has 0 atom stereocenters. The molecule has 0 bridgehead atoms. The van der Waals surface area contributed by atoms with Gasteiger partial charge in [0.05, 0.1) is 0 Å². The highest BCUT2D eigenvalue weighted by Gasteiger charge is 2.48. The second-order valence-corrected chi connectivity index (χ2v) is 10.4. The summed E-state index contributed by atoms with van der Waals surface area (Å²) in [5.41, 5.74) is 0. The SMILES string of the molecule is CP1C(C)(C)CC(N2C(=O)CCC2=O)CC1(C)C. The van der Waals surface area contributed by atoms with Gasteiger partial charge in [0, 0.05) is 18.9 Å². The zero-order valence-electron chi connectivity index (χ0n) is 12.1. The van der Waals surface area contributed by atoms with Crippen LogP contribution in [0.5, 0.6) is 0 Å². The molecule has 0 saturated carbocycles. The molecule has 0 radical (unpaired) electrons. The standard InChI is InChI=1S/C14H24NO2P/c1-13(2)8-10(9-14(3,4)18(13)5)15-11(16)6-7-12(15)17/h10H,6-9H2,1-5H3. The highest BCUT2D eigenvalue weighted by molar-refractivity contribution is 7.60. The Labute approximate surface area is 111 Å². The Hall–Kier alpha value is -0.430. The topological polar surface area (TPSA) is 37.4 Å². The summed E-state index contributed by atoms with van der Waals surface area (Å²) in [5, 5.41) is 0.482. The monoisotopic (exact) mass is 269 g/mol. The van der Waals surface area contributed by atoms with Gasteiger partial charge in [-0.05, 0) is 29.8 Å². The van der Waals surface area contributed by atoms with E-state index in [1.807, 2.05) is 0 Å². The highest BCUT2D eigenvalue weighted by Crippen LogP contribution is 2.64. The number of hydrogen-bond acceptors (Lipinski definition) is 2. The van der Waals surface area contributed by atoms with Crippen molar-refractivity contribution in [2.45, 2.75) is 69.7 Å². The van der Waals surface area contributed by atoms with Crippen molar-refractivity contribution in [3.63, 3.8) is 0 Å². The minimum absolute atomic E-state index is 0.0407. The van der Waals surface area contributed by atoms with Gasteiger partial charge >= 0.3 is 0 Å². The maximum absolute atomic E-state index is 11.9. The fourth-order valence-corrected chi connectivity index (χ4v) is 6.11. The smallest absolute Gasteiger partial charge is 0.229 e. The molecular weight excluding hydrogens is 245 g/mol. The van der Waals surface area contributed by atoms with Gasteiger partial charge < -0.3 is 0 Å². The van der Waals surface area contributed by atoms with E-state index in [2.05, 4.69) is 34.4 Å². The molecule has 0 unspecified atom stereocenters. The Bertz CT molecular complexity index is 355. The number of imide groups is 1. The van der Waals surface area contributed by atoms with Crippen molar-refractivity contribution in [2.24, 2.45) is 0 Å². The summed E-state index contributed by atoms with van der Waals surface area (Å²) in [5.74, 6) is 0.0814. The third kappa shape index (κ3) is 2.22. The van der Waals surface area contributed by atoms with Gasteiger partial charge in [0.1, 0.15) is 0 Å². The van der Waals surface area contributed by atoms with Crippen LogP contribution in [0.3, 0.4) is 0 Å². The lowest BCUT2D eigenvalue weighted by molar-refractivity contribution is -0.141. The maximum Gasteiger partial charge on any atom is 0.229 e. The molecule has 0 aliphatic carbocycles. The summed E-state index contributed by atoms with van der Waals surface area (Å²) in [6.45, 7) is 11.5. The number of amides is 2. The lowest BCUT2D eigenvalue weighted by atomic mass is 9.92. The van der Waals surface area contributed by atoms with Crippen molar-refractivity contribution in [1.29, 1.82) is 0 Å². The first-order valence-corrected chi connectivity index (χ1v) is 8.53. The van der Waals surface area contributed by atoms with E-state index in [4.69, 9.17) is 0 Å². The zero-order valence-corrected chi connectivity index (χ0v) is 13.0. The van der Waals surface area contributed by atoms with Crippen LogP contribution in [0.15, 0.2) is 0 Å². The molecule has 2 fully saturated rings. The molecule has 18 heavy (non-hydrogen) atoms. The van der Waals surface area contributed by atoms with Crippen LogP contribution in [-0.2, 0) is 9.59 Å². The Balaban J connectivity index is 2.26. The quantitative estimate of drug-likeness (QED) is 0.542. The first kappa shape index (κ1) is 14.0. The molecule has 2 aliphatic rings. The molecule has 0 aromatic carbocycles. The summed E-state index contributed by atoms with van der Waals surface area (Å²) < 4.78 is 0. The van der Waals surface area contributed by atoms with Gasteiger partial charge in [0.25, 0.3) is 0 Å². The van der Waals surface area contributed by atoms with E-state index in [1.54, 1.807) is 4.90 Å². The van der Waals surface area contributed by atoms with Gasteiger partial charge in [-0.2, -0.15) is 0 Å². The van der Waals surface area contributed by atoms with Crippen LogP contribution in [0.2, 0.25) is 0 Å². The van der Waals surface area contributed by atoms with E-state index in [-0.39, 0.29) is 36.1 Å². The van der Waals surface area contributed by atoms with Crippen LogP contribution in [0, 0.1) is 0 Å². The van der Waals surface area contributed by atoms with E-state index in [1.165, 1.54) is 0 Å². The zero-order chi connectivity index (χ0) is 13.7. The first-order valence-electron chi connectivity index (χ1n) is 6.74. The molecule has 2 rings (SSSR count). The second kappa shape index (κ2) is 4.30. The number of hydrogen-bond donors (Lipinski definition) is 0. The van der Waals surface area contributed by atoms with Crippen molar-refractivity contribution in [3.05, 3.63) is 0 Å². The van der Waals surface area contributed by atoms with Gasteiger partial charge in [-0.25, -0.2) is 0 Å². The Kier molecular flexibility index (Phi) is 3.34. The van der Waals surface area contributed by atoms with E-state index in [0.29, 0.717) is 12.8 Å². The van der Waals surface area contributed by atoms with Gasteiger partial charge in [0.2, 0.25) is 11.8 Å². The predicted octanol–water partition coefficient (Wildman–Crippen LogP) is 2.97. The largest absolute Gasteiger partial charge is 0.279 e. The summed E-state index contributed by atoms with van der Waals surface area (Å²) >= 11 is 0. The highest BCUT2D eigenvalue weighted by atomic mass is 31.1. The lowest BCUT2D eigenvalue weighted by Gasteiger charge is -2.52. The molecule has 0 aromatic rings. The molecule has 0 spiro atoms. The van der Waals surface area contributed by atoms with Crippen molar-refractivity contribution in [3.8, 4) is 0 Å². The van der Waals surface area contributed by atoms with Gasteiger partial charge in [-0.1, -0.05) is 35.6 Å². The normalized spacial score (nSPS) is 35.1. The number of carbonyl (C=O) groups excluding carboxylic acids is 2. The summed E-state index contributed by atoms with van der Waals surface area (Å²) in [7, 11) is -0.0970. The Morgan fingerprint density at radius 2 is 1.39 bits per heavy atom. The first-order chi connectivity index (χ1) is 8.15. The van der Waals surface area contributed by atoms with E-state index in [0.717, 1.165) is 12.8 Å². The second-order valence-electron chi connectivity index (χ2n) is 6.90. The van der Waals surface area contributed by atoms with Crippen molar-refractivity contribution >= 4 is 19.7 Å². The van der Waals surface area contributed by atoms with Crippen LogP contribution < -0.4 is 0 Å². The molecule has 2 amide bonds. The predicted molar refractivity (Wildman–Crippen MR) is 75.1 cm³/mol. The summed E-state index contributed by atoms with van der Waals surface area (Å²) in [4.78, 5) is 25.4. The van der Waals surface area contributed by atoms with Crippen molar-refractivity contribution in [1.82, 2.24) is 4.90 Å². The third-order valence-corrected chi connectivity index (χ3v) is 8.74. The molecule has 3 nitrogen and oxygen atoms in total. The number of rotatable bonds is 1. The van der Waals surface area contributed by atoms with Crippen molar-refractivity contribution in [2.75, 3.05) is 6.66 Å². The molecule has 4 heteroatoms. The summed E-state index contributed by atoms with van der Waals surface area (Å²) in [6, 6.07) is 0.121. The number of carbonyl (C=O) groups is 2. The third-order valence-electron chi connectivity index (χ3n) is 4.74. The molecule has 2 aliphatic heterocycles. The van der Waals surface area contributed by atoms with Crippen LogP contribution in [-0.4, -0.2) is 39.7 Å². The van der Waals surface area contributed by atoms with E-state index < -0.39 is 0 Å². The average molecular weight is 269 g/mol. The molecule has 0 aromatic heterocycles. The number of nitrogens with zero attached hydrogens (tertiary/aromatic N) is 1. The Morgan fingerprint density at radius 3 is 1.78 bits per heavy atom. The fraction of sp³-hybridized carbons (Fsp3) is 0.857. The van der Waals surface area contributed by atoms with Gasteiger partial charge in [-0.15, -0.1) is 0 Å². The van der Waals surface area contributed by atoms with Gasteiger partial charge in [0.15, 0.2) is 0 Å². The summed E-state index contributed by atoms with van der Waals surface area (Å²) in [6.07, 6.45) is 2.76. The maximum atomic E-state index is 11.9. The molecular formula is C14H24NO2P. The number of likely N-dealkylation sites (tertiary alicyclic amines) is 1. The minimum Gasteiger partial charge on any atom is -0.279 e. The van der Waals surface area contributed by atoms with Gasteiger partial charge in [-0.3, -0.25) is 14.5 Å². The molecule has 2 heterocycles. The van der Waals surface area contributed by atoms with E-state index in [9.17, 15) is 9.59 Å². The van der Waals surface area contributed by atoms with Crippen LogP contribution in [0.25, 0.3) is 0 Å². The van der Waals surface area contributed by atoms with Crippen LogP contribution in [0.4, 0.5) is 0 Å². The lowest BCUT2D eigenvalue weighted by Crippen LogP contribution is -2.50. The minimum atomic E-state index is -0.0970. The molecule has 2 saturated heterocycles. The molecule has 102 valence electrons.